The Morgan fingerprint density at radius 1 is 1.15 bits per heavy atom. The van der Waals surface area contributed by atoms with Crippen LogP contribution in [0.1, 0.15) is 50.9 Å². The van der Waals surface area contributed by atoms with Gasteiger partial charge in [-0.3, -0.25) is 29.5 Å². The van der Waals surface area contributed by atoms with Gasteiger partial charge in [-0.05, 0) is 30.7 Å². The summed E-state index contributed by atoms with van der Waals surface area (Å²) in [6.45, 7) is -0.407. The molecule has 0 radical (unpaired) electrons. The number of amides is 4. The summed E-state index contributed by atoms with van der Waals surface area (Å²) in [5.41, 5.74) is -1.87. The van der Waals surface area contributed by atoms with E-state index in [9.17, 15) is 36.7 Å². The van der Waals surface area contributed by atoms with Crippen LogP contribution in [-0.4, -0.2) is 45.7 Å². The Kier molecular flexibility index (Phi) is 5.79. The smallest absolute Gasteiger partial charge is 0.335 e. The number of hydrogen-bond acceptors (Lipinski definition) is 5. The lowest BCUT2D eigenvalue weighted by atomic mass is 10.0. The molecular formula is C21H15F5N4O4. The predicted octanol–water partition coefficient (Wildman–Crippen LogP) is 2.15. The number of carbonyl (C=O) groups is 4. The van der Waals surface area contributed by atoms with E-state index in [1.807, 2.05) is 0 Å². The normalized spacial score (nSPS) is 19.0. The van der Waals surface area contributed by atoms with E-state index in [2.05, 4.69) is 10.3 Å². The summed E-state index contributed by atoms with van der Waals surface area (Å²) in [6.07, 6.45) is -4.47. The van der Waals surface area contributed by atoms with Crippen molar-refractivity contribution in [3.05, 3.63) is 64.5 Å². The van der Waals surface area contributed by atoms with Gasteiger partial charge in [0.25, 0.3) is 11.8 Å². The summed E-state index contributed by atoms with van der Waals surface area (Å²) < 4.78 is 68.8. The van der Waals surface area contributed by atoms with Gasteiger partial charge in [0.2, 0.25) is 11.8 Å². The van der Waals surface area contributed by atoms with E-state index in [-0.39, 0.29) is 24.0 Å². The van der Waals surface area contributed by atoms with Crippen LogP contribution in [0.15, 0.2) is 30.5 Å². The average Bonchev–Trinajstić information content (AvgIpc) is 3.09. The molecule has 1 saturated heterocycles. The quantitative estimate of drug-likeness (QED) is 0.513. The monoisotopic (exact) mass is 482 g/mol. The molecule has 0 spiro atoms. The maximum absolute atomic E-state index is 15.2. The standard InChI is InChI=1S/C21H15F5N4O4/c22-9-1-4-13(27-7-9)17(21(24,25)26)29-18(32)11-3-2-10-12(16(11)23)8-30(20(10)34)14-5-6-15(31)28-19(14)33/h1-4,7,14,17H,5-6,8H2,(H,29,32)(H,28,31,33)/t14?,17-/m1/s1. The van der Waals surface area contributed by atoms with Gasteiger partial charge in [-0.1, -0.05) is 0 Å². The first-order valence-corrected chi connectivity index (χ1v) is 9.92. The van der Waals surface area contributed by atoms with Crippen molar-refractivity contribution in [2.24, 2.45) is 0 Å². The largest absolute Gasteiger partial charge is 0.414 e. The number of rotatable bonds is 4. The van der Waals surface area contributed by atoms with E-state index < -0.39 is 71.3 Å². The highest BCUT2D eigenvalue weighted by Gasteiger charge is 2.44. The maximum Gasteiger partial charge on any atom is 0.414 e. The first kappa shape index (κ1) is 23.3. The number of aromatic nitrogens is 1. The van der Waals surface area contributed by atoms with Crippen molar-refractivity contribution in [2.45, 2.75) is 37.6 Å². The van der Waals surface area contributed by atoms with E-state index in [4.69, 9.17) is 0 Å². The first-order valence-electron chi connectivity index (χ1n) is 9.92. The average molecular weight is 482 g/mol. The molecule has 0 saturated carbocycles. The molecule has 1 fully saturated rings. The van der Waals surface area contributed by atoms with E-state index in [1.165, 1.54) is 0 Å². The van der Waals surface area contributed by atoms with Crippen LogP contribution < -0.4 is 10.6 Å². The van der Waals surface area contributed by atoms with Crippen LogP contribution in [0, 0.1) is 11.6 Å². The molecule has 2 N–H and O–H groups in total. The molecule has 3 heterocycles. The van der Waals surface area contributed by atoms with E-state index >= 15 is 4.39 Å². The molecule has 8 nitrogen and oxygen atoms in total. The number of pyridine rings is 1. The van der Waals surface area contributed by atoms with Crippen molar-refractivity contribution in [1.82, 2.24) is 20.5 Å². The molecule has 2 atom stereocenters. The van der Waals surface area contributed by atoms with Gasteiger partial charge < -0.3 is 10.2 Å². The maximum atomic E-state index is 15.2. The summed E-state index contributed by atoms with van der Waals surface area (Å²) >= 11 is 0. The number of nitrogens with zero attached hydrogens (tertiary/aromatic N) is 2. The molecule has 0 bridgehead atoms. The Balaban J connectivity index is 1.59. The van der Waals surface area contributed by atoms with Gasteiger partial charge in [0, 0.05) is 17.5 Å². The molecule has 1 aromatic carbocycles. The lowest BCUT2D eigenvalue weighted by Crippen LogP contribution is -2.52. The number of benzene rings is 1. The van der Waals surface area contributed by atoms with Gasteiger partial charge >= 0.3 is 6.18 Å². The number of carbonyl (C=O) groups excluding carboxylic acids is 4. The molecule has 34 heavy (non-hydrogen) atoms. The third-order valence-electron chi connectivity index (χ3n) is 5.54. The Morgan fingerprint density at radius 3 is 2.50 bits per heavy atom. The van der Waals surface area contributed by atoms with E-state index in [0.29, 0.717) is 6.20 Å². The highest BCUT2D eigenvalue weighted by molar-refractivity contribution is 6.06. The molecule has 1 aromatic heterocycles. The molecule has 13 heteroatoms. The minimum Gasteiger partial charge on any atom is -0.335 e. The number of alkyl halides is 3. The molecule has 2 aliphatic heterocycles. The Hall–Kier alpha value is -3.90. The van der Waals surface area contributed by atoms with Crippen molar-refractivity contribution in [3.8, 4) is 0 Å². The zero-order valence-electron chi connectivity index (χ0n) is 17.1. The van der Waals surface area contributed by atoms with Crippen LogP contribution in [0.2, 0.25) is 0 Å². The number of nitrogens with one attached hydrogen (secondary N) is 2. The SMILES string of the molecule is O=C1CCC(N2Cc3c(ccc(C(=O)N[C@H](c4ccc(F)cn4)C(F)(F)F)c3F)C2=O)C(=O)N1. The fourth-order valence-corrected chi connectivity index (χ4v) is 3.87. The van der Waals surface area contributed by atoms with Gasteiger partial charge in [0.1, 0.15) is 17.7 Å². The summed E-state index contributed by atoms with van der Waals surface area (Å²) in [5, 5.41) is 3.74. The Morgan fingerprint density at radius 2 is 1.88 bits per heavy atom. The third kappa shape index (κ3) is 4.20. The van der Waals surface area contributed by atoms with Gasteiger partial charge in [0.15, 0.2) is 6.04 Å². The van der Waals surface area contributed by atoms with Crippen molar-refractivity contribution in [1.29, 1.82) is 0 Å². The fourth-order valence-electron chi connectivity index (χ4n) is 3.87. The van der Waals surface area contributed by atoms with Crippen LogP contribution >= 0.6 is 0 Å². The zero-order valence-corrected chi connectivity index (χ0v) is 17.1. The second-order valence-corrected chi connectivity index (χ2v) is 7.70. The molecular weight excluding hydrogens is 467 g/mol. The van der Waals surface area contributed by atoms with E-state index in [0.717, 1.165) is 29.2 Å². The first-order chi connectivity index (χ1) is 16.0. The van der Waals surface area contributed by atoms with Crippen LogP contribution in [0.3, 0.4) is 0 Å². The molecule has 0 aliphatic carbocycles. The van der Waals surface area contributed by atoms with Crippen LogP contribution in [0.5, 0.6) is 0 Å². The minimum absolute atomic E-state index is 0.0249. The molecule has 2 aromatic rings. The lowest BCUT2D eigenvalue weighted by molar-refractivity contribution is -0.156. The van der Waals surface area contributed by atoms with E-state index in [1.54, 1.807) is 5.32 Å². The van der Waals surface area contributed by atoms with Gasteiger partial charge in [-0.2, -0.15) is 13.2 Å². The van der Waals surface area contributed by atoms with Crippen molar-refractivity contribution < 1.29 is 41.1 Å². The fraction of sp³-hybridized carbons (Fsp3) is 0.286. The molecule has 178 valence electrons. The molecule has 4 rings (SSSR count). The third-order valence-corrected chi connectivity index (χ3v) is 5.54. The van der Waals surface area contributed by atoms with Crippen LogP contribution in [0.4, 0.5) is 22.0 Å². The van der Waals surface area contributed by atoms with Crippen molar-refractivity contribution >= 4 is 23.6 Å². The second-order valence-electron chi connectivity index (χ2n) is 7.70. The Labute approximate surface area is 188 Å². The van der Waals surface area contributed by atoms with Gasteiger partial charge in [-0.25, -0.2) is 8.78 Å². The van der Waals surface area contributed by atoms with Crippen LogP contribution in [-0.2, 0) is 16.1 Å². The summed E-state index contributed by atoms with van der Waals surface area (Å²) in [6, 6.07) is -0.258. The summed E-state index contributed by atoms with van der Waals surface area (Å²) in [4.78, 5) is 53.1. The van der Waals surface area contributed by atoms with Gasteiger partial charge in [-0.15, -0.1) is 0 Å². The highest BCUT2D eigenvalue weighted by Crippen LogP contribution is 2.34. The minimum atomic E-state index is -5.02. The predicted molar refractivity (Wildman–Crippen MR) is 103 cm³/mol. The number of fused-ring (bicyclic) bond motifs is 1. The van der Waals surface area contributed by atoms with Crippen molar-refractivity contribution in [2.75, 3.05) is 0 Å². The highest BCUT2D eigenvalue weighted by atomic mass is 19.4. The molecule has 4 amide bonds. The second kappa shape index (κ2) is 8.47. The summed E-state index contributed by atoms with van der Waals surface area (Å²) in [5.74, 6) is -5.47. The topological polar surface area (TPSA) is 108 Å². The molecule has 2 aliphatic rings. The number of imide groups is 1. The zero-order chi connectivity index (χ0) is 24.8. The number of piperidine rings is 1. The number of halogens is 5. The number of hydrogen-bond donors (Lipinski definition) is 2. The summed E-state index contributed by atoms with van der Waals surface area (Å²) in [7, 11) is 0. The van der Waals surface area contributed by atoms with Gasteiger partial charge in [0.05, 0.1) is 24.0 Å². The molecule has 1 unspecified atom stereocenters. The van der Waals surface area contributed by atoms with Crippen LogP contribution in [0.25, 0.3) is 0 Å². The Bertz CT molecular complexity index is 1200. The van der Waals surface area contributed by atoms with Crippen molar-refractivity contribution in [3.63, 3.8) is 0 Å². The lowest BCUT2D eigenvalue weighted by Gasteiger charge is -2.29.